The third-order valence-corrected chi connectivity index (χ3v) is 3.46. The average molecular weight is 195 g/mol. The Labute approximate surface area is 71.6 Å². The quantitative estimate of drug-likeness (QED) is 0.380. The van der Waals surface area contributed by atoms with E-state index in [2.05, 4.69) is 23.8 Å². The van der Waals surface area contributed by atoms with E-state index >= 15 is 0 Å². The van der Waals surface area contributed by atoms with Gasteiger partial charge < -0.3 is 8.74 Å². The van der Waals surface area contributed by atoms with Crippen LogP contribution in [0, 0.1) is 0 Å². The Kier molecular flexibility index (Phi) is 5.16. The zero-order valence-electron chi connectivity index (χ0n) is 7.25. The molecule has 0 fully saturated rings. The minimum absolute atomic E-state index is 0.334. The third-order valence-electron chi connectivity index (χ3n) is 1.25. The van der Waals surface area contributed by atoms with Crippen molar-refractivity contribution in [2.45, 2.75) is 32.1 Å². The highest BCUT2D eigenvalue weighted by atomic mass is 32.2. The zero-order chi connectivity index (χ0) is 8.91. The van der Waals surface area contributed by atoms with Gasteiger partial charge in [-0.3, -0.25) is 0 Å². The second-order valence-corrected chi connectivity index (χ2v) is 9.96. The molecule has 11 heavy (non-hydrogen) atoms. The van der Waals surface area contributed by atoms with Crippen LogP contribution in [0.5, 0.6) is 0 Å². The van der Waals surface area contributed by atoms with Crippen LogP contribution in [0.4, 0.5) is 0 Å². The lowest BCUT2D eigenvalue weighted by Crippen LogP contribution is -2.19. The van der Waals surface area contributed by atoms with Gasteiger partial charge in [-0.1, -0.05) is 25.7 Å². The Morgan fingerprint density at radius 3 is 2.36 bits per heavy atom. The smallest absolute Gasteiger partial charge is 0.0842 e. The molecule has 0 aromatic heterocycles. The molecule has 0 N–H and O–H groups in total. The number of hydrogen-bond donors (Lipinski definition) is 0. The molecule has 0 radical (unpaired) electrons. The lowest BCUT2D eigenvalue weighted by Gasteiger charge is -2.15. The molecule has 68 valence electrons. The molecule has 0 aromatic rings. The molecule has 3 nitrogen and oxygen atoms in total. The summed E-state index contributed by atoms with van der Waals surface area (Å²) in [5, 5.41) is 0. The van der Waals surface area contributed by atoms with Gasteiger partial charge >= 0.3 is 0 Å². The van der Waals surface area contributed by atoms with E-state index in [-0.39, 0.29) is 0 Å². The summed E-state index contributed by atoms with van der Waals surface area (Å²) < 4.78 is 24.2. The van der Waals surface area contributed by atoms with Gasteiger partial charge in [-0.2, -0.15) is 0 Å². The van der Waals surface area contributed by atoms with Gasteiger partial charge in [0.05, 0.1) is 18.0 Å². The van der Waals surface area contributed by atoms with E-state index in [1.54, 1.807) is 0 Å². The average Bonchev–Trinajstić information content (AvgIpc) is 1.78. The summed E-state index contributed by atoms with van der Waals surface area (Å²) >= 11 is -2.33. The molecule has 0 saturated heterocycles. The van der Waals surface area contributed by atoms with E-state index in [4.69, 9.17) is 0 Å². The van der Waals surface area contributed by atoms with E-state index in [9.17, 15) is 8.76 Å². The molecular weight excluding hydrogens is 180 g/mol. The van der Waals surface area contributed by atoms with Gasteiger partial charge in [0.15, 0.2) is 0 Å². The summed E-state index contributed by atoms with van der Waals surface area (Å²) in [6, 6.07) is 1.12. The lowest BCUT2D eigenvalue weighted by molar-refractivity contribution is 0.300. The topological polar surface area (TPSA) is 49.4 Å². The van der Waals surface area contributed by atoms with Crippen molar-refractivity contribution >= 4 is 19.4 Å². The second-order valence-electron chi connectivity index (χ2n) is 3.69. The Morgan fingerprint density at radius 2 is 2.00 bits per heavy atom. The molecule has 1 unspecified atom stereocenters. The highest BCUT2D eigenvalue weighted by Crippen LogP contribution is 2.10. The first-order valence-electron chi connectivity index (χ1n) is 3.64. The normalized spacial score (nSPS) is 14.9. The third kappa shape index (κ3) is 10.3. The van der Waals surface area contributed by atoms with Gasteiger partial charge in [0.25, 0.3) is 0 Å². The van der Waals surface area contributed by atoms with Crippen molar-refractivity contribution in [3.63, 3.8) is 0 Å². The first-order chi connectivity index (χ1) is 4.92. The molecule has 0 aliphatic carbocycles. The Hall–Kier alpha value is 0.287. The summed E-state index contributed by atoms with van der Waals surface area (Å²) in [6.45, 7) is 7.09. The van der Waals surface area contributed by atoms with E-state index in [0.717, 1.165) is 12.5 Å². The summed E-state index contributed by atoms with van der Waals surface area (Å²) in [7, 11) is -1.01. The molecule has 0 amide bonds. The maximum atomic E-state index is 9.91. The van der Waals surface area contributed by atoms with Gasteiger partial charge in [0.2, 0.25) is 0 Å². The monoisotopic (exact) mass is 195 g/mol. The first-order valence-corrected chi connectivity index (χ1v) is 8.35. The van der Waals surface area contributed by atoms with E-state index in [0.29, 0.717) is 6.61 Å². The molecule has 5 heteroatoms. The van der Waals surface area contributed by atoms with Gasteiger partial charge in [0, 0.05) is 8.07 Å². The van der Waals surface area contributed by atoms with Crippen LogP contribution in [0.1, 0.15) is 6.42 Å². The molecule has 0 heterocycles. The largest absolute Gasteiger partial charge is 0.750 e. The summed E-state index contributed by atoms with van der Waals surface area (Å²) in [6.07, 6.45) is 0.851. The highest BCUT2D eigenvalue weighted by Gasteiger charge is 2.11. The molecule has 0 bridgehead atoms. The molecule has 0 saturated carbocycles. The zero-order valence-corrected chi connectivity index (χ0v) is 9.07. The Bertz CT molecular complexity index is 132. The highest BCUT2D eigenvalue weighted by molar-refractivity contribution is 7.74. The van der Waals surface area contributed by atoms with Crippen molar-refractivity contribution in [1.29, 1.82) is 0 Å². The first kappa shape index (κ1) is 11.3. The van der Waals surface area contributed by atoms with Crippen LogP contribution in [-0.4, -0.2) is 23.4 Å². The van der Waals surface area contributed by atoms with Gasteiger partial charge in [-0.25, -0.2) is 4.21 Å². The second kappa shape index (κ2) is 5.03. The van der Waals surface area contributed by atoms with Crippen LogP contribution < -0.4 is 0 Å². The van der Waals surface area contributed by atoms with Gasteiger partial charge in [0.1, 0.15) is 0 Å². The molecule has 0 aliphatic rings. The van der Waals surface area contributed by atoms with Crippen molar-refractivity contribution in [2.24, 2.45) is 0 Å². The fraction of sp³-hybridized carbons (Fsp3) is 1.00. The summed E-state index contributed by atoms with van der Waals surface area (Å²) in [4.78, 5) is 0. The molecular formula is C6H15O3SSi-. The van der Waals surface area contributed by atoms with Crippen LogP contribution in [0.25, 0.3) is 0 Å². The van der Waals surface area contributed by atoms with Crippen molar-refractivity contribution in [3.8, 4) is 0 Å². The predicted octanol–water partition coefficient (Wildman–Crippen LogP) is 1.53. The standard InChI is InChI=1S/C6H16O3SSi/c1-11(2,3)6-4-5-9-10(7)8/h4-6H2,1-3H3,(H,7,8)/p-1. The molecule has 1 atom stereocenters. The molecule has 0 aromatic carbocycles. The Balaban J connectivity index is 3.22. The summed E-state index contributed by atoms with van der Waals surface area (Å²) in [5.41, 5.74) is 0. The van der Waals surface area contributed by atoms with Crippen molar-refractivity contribution in [2.75, 3.05) is 6.61 Å². The van der Waals surface area contributed by atoms with E-state index < -0.39 is 19.4 Å². The van der Waals surface area contributed by atoms with Crippen LogP contribution in [0.2, 0.25) is 25.7 Å². The molecule has 0 rings (SSSR count). The predicted molar refractivity (Wildman–Crippen MR) is 47.6 cm³/mol. The lowest BCUT2D eigenvalue weighted by atomic mass is 10.5. The fourth-order valence-corrected chi connectivity index (χ4v) is 2.19. The SMILES string of the molecule is C[Si](C)(C)CCCOS(=O)[O-]. The van der Waals surface area contributed by atoms with E-state index in [1.165, 1.54) is 0 Å². The Morgan fingerprint density at radius 1 is 1.45 bits per heavy atom. The number of rotatable bonds is 5. The minimum atomic E-state index is -2.33. The number of hydrogen-bond acceptors (Lipinski definition) is 3. The van der Waals surface area contributed by atoms with Crippen LogP contribution in [-0.2, 0) is 15.5 Å². The maximum Gasteiger partial charge on any atom is 0.0842 e. The summed E-state index contributed by atoms with van der Waals surface area (Å²) in [5.74, 6) is 0. The minimum Gasteiger partial charge on any atom is -0.750 e. The van der Waals surface area contributed by atoms with Crippen molar-refractivity contribution in [3.05, 3.63) is 0 Å². The maximum absolute atomic E-state index is 9.91. The van der Waals surface area contributed by atoms with Crippen molar-refractivity contribution < 1.29 is 12.9 Å². The molecule has 0 aliphatic heterocycles. The van der Waals surface area contributed by atoms with Crippen molar-refractivity contribution in [1.82, 2.24) is 0 Å². The van der Waals surface area contributed by atoms with E-state index in [1.807, 2.05) is 0 Å². The van der Waals surface area contributed by atoms with Crippen LogP contribution in [0.15, 0.2) is 0 Å². The molecule has 0 spiro atoms. The van der Waals surface area contributed by atoms with Crippen LogP contribution in [0.3, 0.4) is 0 Å². The van der Waals surface area contributed by atoms with Gasteiger partial charge in [-0.05, 0) is 6.42 Å². The van der Waals surface area contributed by atoms with Gasteiger partial charge in [-0.15, -0.1) is 0 Å². The fourth-order valence-electron chi connectivity index (χ4n) is 0.729. The van der Waals surface area contributed by atoms with Crippen LogP contribution >= 0.6 is 0 Å².